The summed E-state index contributed by atoms with van der Waals surface area (Å²) in [4.78, 5) is 13.5. The number of hydrogen-bond acceptors (Lipinski definition) is 5. The van der Waals surface area contributed by atoms with Crippen LogP contribution in [0.4, 0.5) is 10.2 Å². The van der Waals surface area contributed by atoms with Crippen molar-refractivity contribution in [3.63, 3.8) is 0 Å². The number of aromatic nitrogens is 3. The van der Waals surface area contributed by atoms with Crippen LogP contribution in [0.5, 0.6) is 0 Å². The Morgan fingerprint density at radius 1 is 1.08 bits per heavy atom. The van der Waals surface area contributed by atoms with Gasteiger partial charge in [-0.25, -0.2) is 14.4 Å². The van der Waals surface area contributed by atoms with Crippen LogP contribution in [0.25, 0.3) is 22.6 Å². The molecule has 0 saturated carbocycles. The minimum Gasteiger partial charge on any atom is -0.366 e. The second-order valence-corrected chi connectivity index (χ2v) is 6.40. The maximum atomic E-state index is 13.3. The molecule has 132 valence electrons. The van der Waals surface area contributed by atoms with Crippen molar-refractivity contribution in [2.45, 2.75) is 18.9 Å². The molecule has 1 fully saturated rings. The highest BCUT2D eigenvalue weighted by Crippen LogP contribution is 2.25. The van der Waals surface area contributed by atoms with E-state index in [1.807, 2.05) is 18.2 Å². The number of anilines is 1. The lowest BCUT2D eigenvalue weighted by atomic mass is 10.1. The van der Waals surface area contributed by atoms with Crippen molar-refractivity contribution < 1.29 is 4.39 Å². The Morgan fingerprint density at radius 2 is 1.96 bits per heavy atom. The lowest BCUT2D eigenvalue weighted by molar-refractivity contribution is 0.479. The average Bonchev–Trinajstić information content (AvgIpc) is 2.70. The smallest absolute Gasteiger partial charge is 0.162 e. The highest BCUT2D eigenvalue weighted by molar-refractivity contribution is 5.67. The van der Waals surface area contributed by atoms with Gasteiger partial charge in [0.15, 0.2) is 5.82 Å². The molecule has 0 amide bonds. The summed E-state index contributed by atoms with van der Waals surface area (Å²) >= 11 is 0. The van der Waals surface area contributed by atoms with Crippen molar-refractivity contribution >= 4 is 5.82 Å². The molecule has 0 spiro atoms. The number of rotatable bonds is 4. The lowest BCUT2D eigenvalue weighted by Crippen LogP contribution is -2.38. The second-order valence-electron chi connectivity index (χ2n) is 6.40. The fraction of sp³-hybridized carbons (Fsp3) is 0.250. The molecule has 3 aromatic rings. The zero-order valence-electron chi connectivity index (χ0n) is 14.3. The summed E-state index contributed by atoms with van der Waals surface area (Å²) < 4.78 is 13.3. The van der Waals surface area contributed by atoms with Crippen molar-refractivity contribution in [3.05, 3.63) is 60.7 Å². The minimum atomic E-state index is -0.274. The van der Waals surface area contributed by atoms with Crippen LogP contribution in [0.15, 0.2) is 54.9 Å². The van der Waals surface area contributed by atoms with Gasteiger partial charge in [-0.15, -0.1) is 0 Å². The van der Waals surface area contributed by atoms with Gasteiger partial charge in [-0.3, -0.25) is 4.98 Å². The molecule has 2 aromatic heterocycles. The van der Waals surface area contributed by atoms with Crippen molar-refractivity contribution in [1.82, 2.24) is 20.3 Å². The Morgan fingerprint density at radius 3 is 2.69 bits per heavy atom. The molecular formula is C20H20FN5. The summed E-state index contributed by atoms with van der Waals surface area (Å²) in [5.74, 6) is 1.06. The van der Waals surface area contributed by atoms with Gasteiger partial charge in [0, 0.05) is 42.2 Å². The van der Waals surface area contributed by atoms with E-state index in [0.29, 0.717) is 11.9 Å². The molecular weight excluding hydrogens is 329 g/mol. The van der Waals surface area contributed by atoms with Crippen LogP contribution in [-0.4, -0.2) is 34.1 Å². The van der Waals surface area contributed by atoms with E-state index in [1.54, 1.807) is 24.5 Å². The molecule has 4 rings (SSSR count). The molecule has 0 bridgehead atoms. The fourth-order valence-electron chi connectivity index (χ4n) is 3.10. The minimum absolute atomic E-state index is 0.274. The molecule has 0 aliphatic carbocycles. The van der Waals surface area contributed by atoms with Gasteiger partial charge in [0.2, 0.25) is 0 Å². The van der Waals surface area contributed by atoms with Gasteiger partial charge in [-0.1, -0.05) is 0 Å². The average molecular weight is 349 g/mol. The summed E-state index contributed by atoms with van der Waals surface area (Å²) in [5.41, 5.74) is 2.49. The maximum Gasteiger partial charge on any atom is 0.162 e. The number of pyridine rings is 1. The van der Waals surface area contributed by atoms with Crippen LogP contribution in [-0.2, 0) is 0 Å². The third kappa shape index (κ3) is 3.86. The van der Waals surface area contributed by atoms with E-state index in [2.05, 4.69) is 25.6 Å². The molecule has 0 radical (unpaired) electrons. The quantitative estimate of drug-likeness (QED) is 0.755. The van der Waals surface area contributed by atoms with Crippen LogP contribution < -0.4 is 10.6 Å². The summed E-state index contributed by atoms with van der Waals surface area (Å²) in [5, 5.41) is 6.90. The molecule has 3 heterocycles. The summed E-state index contributed by atoms with van der Waals surface area (Å²) in [7, 11) is 0. The molecule has 1 aliphatic rings. The molecule has 1 atom stereocenters. The van der Waals surface area contributed by atoms with Crippen molar-refractivity contribution in [2.75, 3.05) is 18.4 Å². The van der Waals surface area contributed by atoms with E-state index in [0.717, 1.165) is 48.6 Å². The van der Waals surface area contributed by atoms with Gasteiger partial charge in [-0.05, 0) is 55.8 Å². The molecule has 1 aliphatic heterocycles. The Bertz CT molecular complexity index is 861. The van der Waals surface area contributed by atoms with Crippen LogP contribution in [0.3, 0.4) is 0 Å². The molecule has 1 unspecified atom stereocenters. The van der Waals surface area contributed by atoms with E-state index in [9.17, 15) is 4.39 Å². The standard InChI is InChI=1S/C20H20FN5/c21-16-7-5-14(6-8-16)20-25-18(15-3-1-9-22-12-15)11-19(26-20)24-17-4-2-10-23-13-17/h1,3,5-9,11-12,17,23H,2,4,10,13H2,(H,24,25,26). The van der Waals surface area contributed by atoms with E-state index < -0.39 is 0 Å². The van der Waals surface area contributed by atoms with E-state index in [4.69, 9.17) is 0 Å². The molecule has 1 saturated heterocycles. The fourth-order valence-corrected chi connectivity index (χ4v) is 3.10. The van der Waals surface area contributed by atoms with Crippen molar-refractivity contribution in [2.24, 2.45) is 0 Å². The highest BCUT2D eigenvalue weighted by atomic mass is 19.1. The van der Waals surface area contributed by atoms with Crippen LogP contribution >= 0.6 is 0 Å². The third-order valence-electron chi connectivity index (χ3n) is 4.43. The second kappa shape index (κ2) is 7.58. The van der Waals surface area contributed by atoms with Crippen molar-refractivity contribution in [3.8, 4) is 22.6 Å². The summed E-state index contributed by atoms with van der Waals surface area (Å²) in [6.07, 6.45) is 5.76. The molecule has 5 nitrogen and oxygen atoms in total. The molecule has 2 N–H and O–H groups in total. The number of nitrogens with one attached hydrogen (secondary N) is 2. The topological polar surface area (TPSA) is 62.7 Å². The first-order valence-electron chi connectivity index (χ1n) is 8.80. The van der Waals surface area contributed by atoms with E-state index in [-0.39, 0.29) is 5.82 Å². The van der Waals surface area contributed by atoms with Crippen LogP contribution in [0.2, 0.25) is 0 Å². The number of hydrogen-bond donors (Lipinski definition) is 2. The summed E-state index contributed by atoms with van der Waals surface area (Å²) in [6, 6.07) is 12.4. The third-order valence-corrected chi connectivity index (χ3v) is 4.43. The SMILES string of the molecule is Fc1ccc(-c2nc(NC3CCCNC3)cc(-c3cccnc3)n2)cc1. The number of halogens is 1. The number of benzene rings is 1. The lowest BCUT2D eigenvalue weighted by Gasteiger charge is -2.24. The molecule has 1 aromatic carbocycles. The predicted octanol–water partition coefficient (Wildman–Crippen LogP) is 3.51. The Labute approximate surface area is 151 Å². The van der Waals surface area contributed by atoms with Crippen LogP contribution in [0, 0.1) is 5.82 Å². The van der Waals surface area contributed by atoms with Crippen LogP contribution in [0.1, 0.15) is 12.8 Å². The van der Waals surface area contributed by atoms with E-state index >= 15 is 0 Å². The number of nitrogens with zero attached hydrogens (tertiary/aromatic N) is 3. The molecule has 6 heteroatoms. The number of piperidine rings is 1. The van der Waals surface area contributed by atoms with Gasteiger partial charge in [0.25, 0.3) is 0 Å². The Hall–Kier alpha value is -2.86. The van der Waals surface area contributed by atoms with Gasteiger partial charge >= 0.3 is 0 Å². The van der Waals surface area contributed by atoms with Crippen molar-refractivity contribution in [1.29, 1.82) is 0 Å². The first-order valence-corrected chi connectivity index (χ1v) is 8.80. The largest absolute Gasteiger partial charge is 0.366 e. The zero-order valence-corrected chi connectivity index (χ0v) is 14.3. The Balaban J connectivity index is 1.72. The van der Waals surface area contributed by atoms with Gasteiger partial charge < -0.3 is 10.6 Å². The first-order chi connectivity index (χ1) is 12.8. The highest BCUT2D eigenvalue weighted by Gasteiger charge is 2.15. The monoisotopic (exact) mass is 349 g/mol. The van der Waals surface area contributed by atoms with Gasteiger partial charge in [0.05, 0.1) is 5.69 Å². The zero-order chi connectivity index (χ0) is 17.8. The summed E-state index contributed by atoms with van der Waals surface area (Å²) in [6.45, 7) is 1.97. The first kappa shape index (κ1) is 16.6. The van der Waals surface area contributed by atoms with Gasteiger partial charge in [-0.2, -0.15) is 0 Å². The van der Waals surface area contributed by atoms with E-state index in [1.165, 1.54) is 12.1 Å². The molecule has 26 heavy (non-hydrogen) atoms. The normalized spacial score (nSPS) is 17.0. The Kier molecular flexibility index (Phi) is 4.84. The maximum absolute atomic E-state index is 13.3. The predicted molar refractivity (Wildman–Crippen MR) is 100 cm³/mol. The van der Waals surface area contributed by atoms with Gasteiger partial charge in [0.1, 0.15) is 11.6 Å².